The summed E-state index contributed by atoms with van der Waals surface area (Å²) in [5.41, 5.74) is 4.84. The number of carbonyl (C=O) groups is 2. The molecule has 0 aliphatic rings. The molecule has 2 N–H and O–H groups in total. The maximum atomic E-state index is 10.1. The quantitative estimate of drug-likeness (QED) is 0.221. The van der Waals surface area contributed by atoms with Crippen molar-refractivity contribution in [3.63, 3.8) is 0 Å². The number of carbonyl (C=O) groups excluding carboxylic acids is 2. The summed E-state index contributed by atoms with van der Waals surface area (Å²) in [6.45, 7) is -0.383. The van der Waals surface area contributed by atoms with Gasteiger partial charge in [-0.25, -0.2) is 0 Å². The van der Waals surface area contributed by atoms with Crippen LogP contribution in [-0.2, 0) is 19.1 Å². The van der Waals surface area contributed by atoms with E-state index >= 15 is 0 Å². The standard InChI is InChI=1S/C4H7NO4/c5-1-4(7)9-3-8-2-6/h2H,1,3,5H2. The molecule has 0 amide bonds. The van der Waals surface area contributed by atoms with Gasteiger partial charge in [-0.3, -0.25) is 9.59 Å². The molecule has 9 heavy (non-hydrogen) atoms. The predicted molar refractivity (Wildman–Crippen MR) is 27.2 cm³/mol. The summed E-state index contributed by atoms with van der Waals surface area (Å²) in [4.78, 5) is 19.6. The highest BCUT2D eigenvalue weighted by molar-refractivity contribution is 5.71. The number of rotatable bonds is 4. The van der Waals surface area contributed by atoms with Crippen molar-refractivity contribution in [1.82, 2.24) is 0 Å². The summed E-state index contributed by atoms with van der Waals surface area (Å²) in [6.07, 6.45) is 0. The molecule has 5 nitrogen and oxygen atoms in total. The topological polar surface area (TPSA) is 78.6 Å². The van der Waals surface area contributed by atoms with Gasteiger partial charge in [0.2, 0.25) is 6.79 Å². The molecule has 0 aromatic rings. The van der Waals surface area contributed by atoms with E-state index in [1.54, 1.807) is 0 Å². The molecule has 52 valence electrons. The molecule has 0 atom stereocenters. The summed E-state index contributed by atoms with van der Waals surface area (Å²) in [6, 6.07) is 0. The van der Waals surface area contributed by atoms with Crippen LogP contribution >= 0.6 is 0 Å². The summed E-state index contributed by atoms with van der Waals surface area (Å²) < 4.78 is 8.24. The second-order valence-corrected chi connectivity index (χ2v) is 1.10. The number of nitrogens with two attached hydrogens (primary N) is 1. The van der Waals surface area contributed by atoms with Crippen LogP contribution in [0.15, 0.2) is 0 Å². The first-order valence-corrected chi connectivity index (χ1v) is 2.22. The normalized spacial score (nSPS) is 8.11. The highest BCUT2D eigenvalue weighted by Crippen LogP contribution is 1.73. The van der Waals surface area contributed by atoms with Crippen molar-refractivity contribution in [2.45, 2.75) is 0 Å². The van der Waals surface area contributed by atoms with Crippen molar-refractivity contribution in [3.8, 4) is 0 Å². The van der Waals surface area contributed by atoms with Crippen LogP contribution in [0.2, 0.25) is 0 Å². The van der Waals surface area contributed by atoms with Crippen molar-refractivity contribution in [2.75, 3.05) is 13.3 Å². The number of esters is 1. The number of hydrogen-bond donors (Lipinski definition) is 1. The lowest BCUT2D eigenvalue weighted by atomic mass is 10.7. The first kappa shape index (κ1) is 7.90. The Hall–Kier alpha value is -1.10. The van der Waals surface area contributed by atoms with E-state index in [-0.39, 0.29) is 19.8 Å². The van der Waals surface area contributed by atoms with Crippen LogP contribution in [0.1, 0.15) is 0 Å². The molecule has 0 aromatic heterocycles. The van der Waals surface area contributed by atoms with Crippen molar-refractivity contribution in [3.05, 3.63) is 0 Å². The van der Waals surface area contributed by atoms with Crippen molar-refractivity contribution >= 4 is 12.4 Å². The van der Waals surface area contributed by atoms with Gasteiger partial charge in [0.05, 0.1) is 6.54 Å². The van der Waals surface area contributed by atoms with Crippen LogP contribution in [-0.4, -0.2) is 25.8 Å². The van der Waals surface area contributed by atoms with Gasteiger partial charge < -0.3 is 15.2 Å². The fourth-order valence-electron chi connectivity index (χ4n) is 0.186. The molecule has 0 radical (unpaired) electrons. The van der Waals surface area contributed by atoms with E-state index in [9.17, 15) is 9.59 Å². The fraction of sp³-hybridized carbons (Fsp3) is 0.500. The smallest absolute Gasteiger partial charge is 0.322 e. The van der Waals surface area contributed by atoms with E-state index < -0.39 is 5.97 Å². The highest BCUT2D eigenvalue weighted by Gasteiger charge is 1.95. The first-order chi connectivity index (χ1) is 4.31. The molecule has 0 heterocycles. The Morgan fingerprint density at radius 1 is 1.67 bits per heavy atom. The van der Waals surface area contributed by atoms with Gasteiger partial charge in [-0.05, 0) is 0 Å². The lowest BCUT2D eigenvalue weighted by molar-refractivity contribution is -0.158. The van der Waals surface area contributed by atoms with Crippen LogP contribution in [0.4, 0.5) is 0 Å². The SMILES string of the molecule is NCC(=O)OCOC=O. The molecule has 0 rings (SSSR count). The predicted octanol–water partition coefficient (Wildman–Crippen LogP) is -1.38. The fourth-order valence-corrected chi connectivity index (χ4v) is 0.186. The monoisotopic (exact) mass is 133 g/mol. The zero-order chi connectivity index (χ0) is 7.11. The Morgan fingerprint density at radius 2 is 2.33 bits per heavy atom. The molecule has 0 aliphatic carbocycles. The van der Waals surface area contributed by atoms with E-state index in [1.807, 2.05) is 0 Å². The molecule has 0 spiro atoms. The maximum absolute atomic E-state index is 10.1. The number of hydrogen-bond acceptors (Lipinski definition) is 5. The van der Waals surface area contributed by atoms with Gasteiger partial charge in [0.1, 0.15) is 0 Å². The highest BCUT2D eigenvalue weighted by atomic mass is 16.7. The maximum Gasteiger partial charge on any atom is 0.322 e. The Bertz CT molecular complexity index is 103. The Morgan fingerprint density at radius 3 is 2.78 bits per heavy atom. The Balaban J connectivity index is 3.06. The molecular weight excluding hydrogens is 126 g/mol. The average molecular weight is 133 g/mol. The second-order valence-electron chi connectivity index (χ2n) is 1.10. The minimum Gasteiger partial charge on any atom is -0.430 e. The van der Waals surface area contributed by atoms with Crippen molar-refractivity contribution in [1.29, 1.82) is 0 Å². The van der Waals surface area contributed by atoms with Gasteiger partial charge in [-0.2, -0.15) is 0 Å². The third-order valence-electron chi connectivity index (χ3n) is 0.523. The summed E-state index contributed by atoms with van der Waals surface area (Å²) in [5, 5.41) is 0. The second kappa shape index (κ2) is 5.04. The molecule has 0 saturated carbocycles. The molecule has 0 bridgehead atoms. The molecule has 5 heteroatoms. The Labute approximate surface area is 51.7 Å². The average Bonchev–Trinajstić information content (AvgIpc) is 1.89. The van der Waals surface area contributed by atoms with Gasteiger partial charge in [0, 0.05) is 0 Å². The van der Waals surface area contributed by atoms with Crippen LogP contribution < -0.4 is 5.73 Å². The van der Waals surface area contributed by atoms with Crippen LogP contribution in [0.5, 0.6) is 0 Å². The van der Waals surface area contributed by atoms with E-state index in [1.165, 1.54) is 0 Å². The third kappa shape index (κ3) is 4.76. The van der Waals surface area contributed by atoms with Crippen LogP contribution in [0.3, 0.4) is 0 Å². The van der Waals surface area contributed by atoms with Gasteiger partial charge in [-0.1, -0.05) is 0 Å². The lowest BCUT2D eigenvalue weighted by Gasteiger charge is -1.98. The summed E-state index contributed by atoms with van der Waals surface area (Å²) >= 11 is 0. The van der Waals surface area contributed by atoms with E-state index in [0.29, 0.717) is 0 Å². The lowest BCUT2D eigenvalue weighted by Crippen LogP contribution is -2.17. The van der Waals surface area contributed by atoms with Crippen LogP contribution in [0, 0.1) is 0 Å². The van der Waals surface area contributed by atoms with E-state index in [0.717, 1.165) is 0 Å². The van der Waals surface area contributed by atoms with Gasteiger partial charge in [0.15, 0.2) is 0 Å². The van der Waals surface area contributed by atoms with Gasteiger partial charge in [-0.15, -0.1) is 0 Å². The van der Waals surface area contributed by atoms with Gasteiger partial charge >= 0.3 is 5.97 Å². The molecule has 0 fully saturated rings. The molecule has 0 unspecified atom stereocenters. The molecule has 0 aliphatic heterocycles. The minimum atomic E-state index is -0.600. The minimum absolute atomic E-state index is 0.184. The van der Waals surface area contributed by atoms with Crippen molar-refractivity contribution in [2.24, 2.45) is 5.73 Å². The summed E-state index contributed by atoms with van der Waals surface area (Å²) in [5.74, 6) is -0.600. The molecule has 0 saturated heterocycles. The molecular formula is C4H7NO4. The van der Waals surface area contributed by atoms with Crippen LogP contribution in [0.25, 0.3) is 0 Å². The number of ether oxygens (including phenoxy) is 2. The molecule has 0 aromatic carbocycles. The Kier molecular flexibility index (Phi) is 4.43. The zero-order valence-corrected chi connectivity index (χ0v) is 4.70. The van der Waals surface area contributed by atoms with Crippen molar-refractivity contribution < 1.29 is 19.1 Å². The van der Waals surface area contributed by atoms with E-state index in [2.05, 4.69) is 9.47 Å². The largest absolute Gasteiger partial charge is 0.430 e. The zero-order valence-electron chi connectivity index (χ0n) is 4.70. The summed E-state index contributed by atoms with van der Waals surface area (Å²) in [7, 11) is 0. The first-order valence-electron chi connectivity index (χ1n) is 2.22. The van der Waals surface area contributed by atoms with E-state index in [4.69, 9.17) is 5.73 Å². The van der Waals surface area contributed by atoms with Gasteiger partial charge in [0.25, 0.3) is 6.47 Å². The third-order valence-corrected chi connectivity index (χ3v) is 0.523.